The van der Waals surface area contributed by atoms with Gasteiger partial charge in [0.25, 0.3) is 5.91 Å². The third kappa shape index (κ3) is 4.77. The molecule has 3 N–H and O–H groups in total. The Morgan fingerprint density at radius 2 is 1.83 bits per heavy atom. The number of thiazole rings is 1. The summed E-state index contributed by atoms with van der Waals surface area (Å²) >= 11 is 1.60. The number of carbonyl (C=O) groups excluding carboxylic acids is 1. The molecule has 6 nitrogen and oxygen atoms in total. The van der Waals surface area contributed by atoms with Gasteiger partial charge in [0, 0.05) is 30.2 Å². The van der Waals surface area contributed by atoms with E-state index in [0.717, 1.165) is 27.4 Å². The second-order valence-electron chi connectivity index (χ2n) is 6.64. The van der Waals surface area contributed by atoms with Gasteiger partial charge in [-0.3, -0.25) is 9.48 Å². The number of carbonyl (C=O) groups is 1. The van der Waals surface area contributed by atoms with Crippen LogP contribution >= 0.6 is 11.3 Å². The van der Waals surface area contributed by atoms with Gasteiger partial charge >= 0.3 is 0 Å². The molecule has 0 saturated carbocycles. The third-order valence-electron chi connectivity index (χ3n) is 4.50. The highest BCUT2D eigenvalue weighted by atomic mass is 32.1. The van der Waals surface area contributed by atoms with Gasteiger partial charge in [0.05, 0.1) is 24.0 Å². The van der Waals surface area contributed by atoms with E-state index in [1.807, 2.05) is 60.0 Å². The Hall–Kier alpha value is -3.29. The summed E-state index contributed by atoms with van der Waals surface area (Å²) in [5.41, 5.74) is 10.2. The molecule has 2 aromatic carbocycles. The average Bonchev–Trinajstić information content (AvgIpc) is 3.43. The molecule has 0 atom stereocenters. The summed E-state index contributed by atoms with van der Waals surface area (Å²) in [5, 5.41) is 10.2. The molecule has 0 spiro atoms. The van der Waals surface area contributed by atoms with Crippen molar-refractivity contribution in [2.45, 2.75) is 19.6 Å². The summed E-state index contributed by atoms with van der Waals surface area (Å²) in [6.07, 6.45) is 3.33. The van der Waals surface area contributed by atoms with Crippen molar-refractivity contribution in [3.8, 4) is 10.6 Å². The fourth-order valence-corrected chi connectivity index (χ4v) is 3.72. The molecule has 2 aromatic heterocycles. The Bertz CT molecular complexity index is 1090. The first-order chi connectivity index (χ1) is 14.2. The van der Waals surface area contributed by atoms with Crippen molar-refractivity contribution in [2.75, 3.05) is 0 Å². The fourth-order valence-electron chi connectivity index (χ4n) is 2.90. The first kappa shape index (κ1) is 19.0. The standard InChI is InChI=1S/C22H21N5OS/c23-10-16-6-8-17(9-7-16)11-24-21(28)19-12-25-27(13-19)14-20-15-29-22(26-20)18-4-2-1-3-5-18/h1-9,12-13,15H,10-11,14,23H2,(H,24,28). The molecule has 0 fully saturated rings. The van der Waals surface area contributed by atoms with Crippen LogP contribution in [0.3, 0.4) is 0 Å². The lowest BCUT2D eigenvalue weighted by Gasteiger charge is -2.05. The van der Waals surface area contributed by atoms with E-state index in [2.05, 4.69) is 15.4 Å². The van der Waals surface area contributed by atoms with E-state index >= 15 is 0 Å². The molecular weight excluding hydrogens is 382 g/mol. The lowest BCUT2D eigenvalue weighted by molar-refractivity contribution is 0.0951. The van der Waals surface area contributed by atoms with Gasteiger partial charge in [0.1, 0.15) is 5.01 Å². The molecule has 0 unspecified atom stereocenters. The summed E-state index contributed by atoms with van der Waals surface area (Å²) in [6, 6.07) is 18.0. The van der Waals surface area contributed by atoms with Crippen LogP contribution in [0.1, 0.15) is 27.2 Å². The molecule has 146 valence electrons. The number of aromatic nitrogens is 3. The molecule has 4 aromatic rings. The number of benzene rings is 2. The minimum absolute atomic E-state index is 0.151. The molecule has 2 heterocycles. The molecule has 29 heavy (non-hydrogen) atoms. The Morgan fingerprint density at radius 3 is 2.59 bits per heavy atom. The second-order valence-corrected chi connectivity index (χ2v) is 7.50. The molecule has 0 aliphatic rings. The van der Waals surface area contributed by atoms with E-state index in [0.29, 0.717) is 25.2 Å². The predicted molar refractivity (Wildman–Crippen MR) is 114 cm³/mol. The van der Waals surface area contributed by atoms with Crippen LogP contribution in [0, 0.1) is 0 Å². The van der Waals surface area contributed by atoms with Crippen LogP contribution in [0.25, 0.3) is 10.6 Å². The summed E-state index contributed by atoms with van der Waals surface area (Å²) in [7, 11) is 0. The van der Waals surface area contributed by atoms with Crippen molar-refractivity contribution in [1.29, 1.82) is 0 Å². The van der Waals surface area contributed by atoms with E-state index in [1.165, 1.54) is 0 Å². The van der Waals surface area contributed by atoms with E-state index in [-0.39, 0.29) is 5.91 Å². The number of nitrogens with one attached hydrogen (secondary N) is 1. The molecule has 1 amide bonds. The van der Waals surface area contributed by atoms with Crippen molar-refractivity contribution in [2.24, 2.45) is 5.73 Å². The molecule has 0 radical (unpaired) electrons. The quantitative estimate of drug-likeness (QED) is 0.495. The van der Waals surface area contributed by atoms with Crippen molar-refractivity contribution in [3.05, 3.63) is 94.8 Å². The maximum Gasteiger partial charge on any atom is 0.254 e. The molecule has 0 bridgehead atoms. The Kier molecular flexibility index (Phi) is 5.79. The van der Waals surface area contributed by atoms with Crippen LogP contribution in [-0.2, 0) is 19.6 Å². The molecular formula is C22H21N5OS. The summed E-state index contributed by atoms with van der Waals surface area (Å²) in [6.45, 7) is 1.50. The molecule has 4 rings (SSSR count). The summed E-state index contributed by atoms with van der Waals surface area (Å²) in [4.78, 5) is 17.1. The first-order valence-corrected chi connectivity index (χ1v) is 10.2. The zero-order valence-corrected chi connectivity index (χ0v) is 16.6. The van der Waals surface area contributed by atoms with Crippen LogP contribution in [0.4, 0.5) is 0 Å². The lowest BCUT2D eigenvalue weighted by Crippen LogP contribution is -2.22. The number of amides is 1. The van der Waals surface area contributed by atoms with Crippen molar-refractivity contribution in [1.82, 2.24) is 20.1 Å². The number of nitrogens with zero attached hydrogens (tertiary/aromatic N) is 3. The van der Waals surface area contributed by atoms with Crippen molar-refractivity contribution < 1.29 is 4.79 Å². The van der Waals surface area contributed by atoms with Crippen molar-refractivity contribution >= 4 is 17.2 Å². The number of hydrogen-bond donors (Lipinski definition) is 2. The molecule has 0 saturated heterocycles. The largest absolute Gasteiger partial charge is 0.348 e. The Morgan fingerprint density at radius 1 is 1.07 bits per heavy atom. The summed E-state index contributed by atoms with van der Waals surface area (Å²) in [5.74, 6) is -0.151. The molecule has 0 aliphatic heterocycles. The zero-order valence-electron chi connectivity index (χ0n) is 15.8. The van der Waals surface area contributed by atoms with Gasteiger partial charge in [-0.25, -0.2) is 4.98 Å². The molecule has 0 aliphatic carbocycles. The Labute approximate surface area is 173 Å². The number of hydrogen-bond acceptors (Lipinski definition) is 5. The Balaban J connectivity index is 1.35. The maximum atomic E-state index is 12.4. The third-order valence-corrected chi connectivity index (χ3v) is 5.44. The van der Waals surface area contributed by atoms with Gasteiger partial charge in [-0.15, -0.1) is 11.3 Å². The topological polar surface area (TPSA) is 85.8 Å². The van der Waals surface area contributed by atoms with Gasteiger partial charge in [-0.05, 0) is 11.1 Å². The van der Waals surface area contributed by atoms with Crippen LogP contribution < -0.4 is 11.1 Å². The summed E-state index contributed by atoms with van der Waals surface area (Å²) < 4.78 is 1.73. The number of nitrogens with two attached hydrogens (primary N) is 1. The zero-order chi connectivity index (χ0) is 20.1. The second kappa shape index (κ2) is 8.81. The highest BCUT2D eigenvalue weighted by molar-refractivity contribution is 7.13. The SMILES string of the molecule is NCc1ccc(CNC(=O)c2cnn(Cc3csc(-c4ccccc4)n3)c2)cc1. The normalized spacial score (nSPS) is 10.8. The van der Waals surface area contributed by atoms with Crippen LogP contribution in [-0.4, -0.2) is 20.7 Å². The molecule has 7 heteroatoms. The van der Waals surface area contributed by atoms with Gasteiger partial charge in [0.2, 0.25) is 0 Å². The van der Waals surface area contributed by atoms with Gasteiger partial charge in [-0.2, -0.15) is 5.10 Å². The van der Waals surface area contributed by atoms with E-state index in [4.69, 9.17) is 5.73 Å². The fraction of sp³-hybridized carbons (Fsp3) is 0.136. The van der Waals surface area contributed by atoms with E-state index in [1.54, 1.807) is 28.4 Å². The van der Waals surface area contributed by atoms with E-state index < -0.39 is 0 Å². The van der Waals surface area contributed by atoms with Crippen LogP contribution in [0.15, 0.2) is 72.4 Å². The van der Waals surface area contributed by atoms with Crippen LogP contribution in [0.2, 0.25) is 0 Å². The maximum absolute atomic E-state index is 12.4. The number of rotatable bonds is 7. The van der Waals surface area contributed by atoms with Gasteiger partial charge in [-0.1, -0.05) is 54.6 Å². The smallest absolute Gasteiger partial charge is 0.254 e. The van der Waals surface area contributed by atoms with Gasteiger partial charge in [0.15, 0.2) is 0 Å². The van der Waals surface area contributed by atoms with Crippen LogP contribution in [0.5, 0.6) is 0 Å². The predicted octanol–water partition coefficient (Wildman–Crippen LogP) is 3.44. The monoisotopic (exact) mass is 403 g/mol. The van der Waals surface area contributed by atoms with Gasteiger partial charge < -0.3 is 11.1 Å². The highest BCUT2D eigenvalue weighted by Crippen LogP contribution is 2.23. The lowest BCUT2D eigenvalue weighted by atomic mass is 10.1. The highest BCUT2D eigenvalue weighted by Gasteiger charge is 2.10. The average molecular weight is 404 g/mol. The first-order valence-electron chi connectivity index (χ1n) is 9.29. The minimum Gasteiger partial charge on any atom is -0.348 e. The minimum atomic E-state index is -0.151. The van der Waals surface area contributed by atoms with E-state index in [9.17, 15) is 4.79 Å². The van der Waals surface area contributed by atoms with Crippen molar-refractivity contribution in [3.63, 3.8) is 0 Å².